The molecule has 0 aromatic rings. The largest absolute Gasteiger partial charge is 0.330 e. The van der Waals surface area contributed by atoms with Gasteiger partial charge in [0, 0.05) is 0 Å². The van der Waals surface area contributed by atoms with E-state index >= 15 is 0 Å². The first-order valence-electron chi connectivity index (χ1n) is 2.24. The maximum absolute atomic E-state index is 4.89. The molecular weight excluding hydrogens is 94.0 g/mol. The van der Waals surface area contributed by atoms with E-state index in [1.807, 2.05) is 0 Å². The van der Waals surface area contributed by atoms with Gasteiger partial charge in [0.2, 0.25) is 0 Å². The molecule has 1 aliphatic heterocycles. The maximum atomic E-state index is 4.89. The molecule has 0 amide bonds. The second-order valence-electron chi connectivity index (χ2n) is 1.23. The zero-order chi connectivity index (χ0) is 5.11. The van der Waals surface area contributed by atoms with Crippen LogP contribution in [0.3, 0.4) is 0 Å². The van der Waals surface area contributed by atoms with Gasteiger partial charge in [-0.2, -0.15) is 0 Å². The van der Waals surface area contributed by atoms with Crippen molar-refractivity contribution in [1.29, 1.82) is 0 Å². The van der Waals surface area contributed by atoms with Crippen LogP contribution in [-0.2, 0) is 9.47 Å². The monoisotopic (exact) mass is 102 g/mol. The van der Waals surface area contributed by atoms with E-state index < -0.39 is 0 Å². The van der Waals surface area contributed by atoms with Gasteiger partial charge in [-0.25, -0.2) is 0 Å². The summed E-state index contributed by atoms with van der Waals surface area (Å²) in [6, 6.07) is 0. The molecule has 0 saturated carbocycles. The molecule has 0 aromatic carbocycles. The Kier molecular flexibility index (Phi) is 1.62. The summed E-state index contributed by atoms with van der Waals surface area (Å²) in [5.74, 6) is 0. The molecule has 1 aliphatic rings. The predicted octanol–water partition coefficient (Wildman–Crippen LogP) is -0.300. The lowest BCUT2D eigenvalue weighted by Gasteiger charge is -2.00. The van der Waals surface area contributed by atoms with Gasteiger partial charge in [-0.15, -0.1) is 0 Å². The van der Waals surface area contributed by atoms with E-state index in [0.29, 0.717) is 19.6 Å². The first kappa shape index (κ1) is 5.03. The van der Waals surface area contributed by atoms with Crippen LogP contribution in [0.25, 0.3) is 0 Å². The Bertz CT molecular complexity index is 51.7. The van der Waals surface area contributed by atoms with E-state index in [1.165, 1.54) is 0 Å². The number of hydrogen-bond acceptors (Lipinski definition) is 3. The van der Waals surface area contributed by atoms with Crippen molar-refractivity contribution in [3.05, 3.63) is 6.41 Å². The third-order valence-electron chi connectivity index (χ3n) is 0.754. The average molecular weight is 102 g/mol. The Labute approximate surface area is 42.6 Å². The minimum atomic E-state index is 0.542. The number of nitrogens with one attached hydrogen (secondary N) is 1. The van der Waals surface area contributed by atoms with Crippen LogP contribution >= 0.6 is 0 Å². The van der Waals surface area contributed by atoms with Gasteiger partial charge >= 0.3 is 6.41 Å². The van der Waals surface area contributed by atoms with Crippen molar-refractivity contribution in [3.8, 4) is 0 Å². The Morgan fingerprint density at radius 1 is 1.43 bits per heavy atom. The first-order chi connectivity index (χ1) is 3.43. The van der Waals surface area contributed by atoms with Gasteiger partial charge in [-0.05, 0) is 7.05 Å². The molecule has 0 aromatic heterocycles. The molecular formula is C4H8NO2. The zero-order valence-corrected chi connectivity index (χ0v) is 4.23. The van der Waals surface area contributed by atoms with Crippen molar-refractivity contribution in [2.45, 2.75) is 0 Å². The molecule has 1 rings (SSSR count). The first-order valence-corrected chi connectivity index (χ1v) is 2.24. The summed E-state index contributed by atoms with van der Waals surface area (Å²) in [4.78, 5) is 0. The molecule has 1 fully saturated rings. The van der Waals surface area contributed by atoms with Crippen LogP contribution in [0.4, 0.5) is 0 Å². The van der Waals surface area contributed by atoms with Crippen molar-refractivity contribution in [2.24, 2.45) is 0 Å². The average Bonchev–Trinajstić information content (AvgIpc) is 2.14. The van der Waals surface area contributed by atoms with E-state index in [4.69, 9.17) is 9.47 Å². The van der Waals surface area contributed by atoms with Crippen LogP contribution < -0.4 is 5.32 Å². The van der Waals surface area contributed by atoms with E-state index in [0.717, 1.165) is 0 Å². The minimum Gasteiger partial charge on any atom is -0.330 e. The normalized spacial score (nSPS) is 23.6. The minimum absolute atomic E-state index is 0.542. The third-order valence-corrected chi connectivity index (χ3v) is 0.754. The van der Waals surface area contributed by atoms with Gasteiger partial charge < -0.3 is 9.47 Å². The van der Waals surface area contributed by atoms with Gasteiger partial charge in [0.25, 0.3) is 0 Å². The fraction of sp³-hybridized carbons (Fsp3) is 0.750. The van der Waals surface area contributed by atoms with Crippen LogP contribution in [0.1, 0.15) is 0 Å². The fourth-order valence-electron chi connectivity index (χ4n) is 0.455. The van der Waals surface area contributed by atoms with E-state index in [-0.39, 0.29) is 0 Å². The molecule has 0 spiro atoms. The molecule has 1 heterocycles. The van der Waals surface area contributed by atoms with Crippen molar-refractivity contribution in [3.63, 3.8) is 0 Å². The van der Waals surface area contributed by atoms with Crippen molar-refractivity contribution >= 4 is 0 Å². The Morgan fingerprint density at radius 3 is 2.29 bits per heavy atom. The standard InChI is InChI=1S/C4H8NO2/c1-5-4-6-2-3-7-4/h5H,2-3H2,1H3. The smallest absolute Gasteiger partial charge is 0.300 e. The number of ether oxygens (including phenoxy) is 2. The third kappa shape index (κ3) is 1.12. The van der Waals surface area contributed by atoms with Gasteiger partial charge in [0.1, 0.15) is 0 Å². The highest BCUT2D eigenvalue weighted by molar-refractivity contribution is 4.62. The van der Waals surface area contributed by atoms with Crippen molar-refractivity contribution in [2.75, 3.05) is 20.3 Å². The Balaban J connectivity index is 2.14. The summed E-state index contributed by atoms with van der Waals surface area (Å²) in [6.45, 7) is 1.35. The highest BCUT2D eigenvalue weighted by atomic mass is 16.7. The van der Waals surface area contributed by atoms with Crippen LogP contribution in [0.5, 0.6) is 0 Å². The molecule has 3 heteroatoms. The second-order valence-corrected chi connectivity index (χ2v) is 1.23. The molecule has 1 saturated heterocycles. The molecule has 0 unspecified atom stereocenters. The fourth-order valence-corrected chi connectivity index (χ4v) is 0.455. The molecule has 1 N–H and O–H groups in total. The van der Waals surface area contributed by atoms with E-state index in [9.17, 15) is 0 Å². The van der Waals surface area contributed by atoms with Gasteiger partial charge in [-0.1, -0.05) is 0 Å². The molecule has 1 radical (unpaired) electrons. The molecule has 41 valence electrons. The summed E-state index contributed by atoms with van der Waals surface area (Å²) in [7, 11) is 1.76. The molecule has 0 atom stereocenters. The van der Waals surface area contributed by atoms with Crippen molar-refractivity contribution in [1.82, 2.24) is 5.32 Å². The molecule has 7 heavy (non-hydrogen) atoms. The number of rotatable bonds is 1. The number of hydrogen-bond donors (Lipinski definition) is 1. The highest BCUT2D eigenvalue weighted by Crippen LogP contribution is 2.05. The summed E-state index contributed by atoms with van der Waals surface area (Å²) in [6.07, 6.45) is 0.542. The van der Waals surface area contributed by atoms with Crippen LogP contribution in [-0.4, -0.2) is 20.3 Å². The van der Waals surface area contributed by atoms with Crippen molar-refractivity contribution < 1.29 is 9.47 Å². The second kappa shape index (κ2) is 2.26. The lowest BCUT2D eigenvalue weighted by atomic mass is 10.8. The van der Waals surface area contributed by atoms with Crippen LogP contribution in [0, 0.1) is 6.41 Å². The summed E-state index contributed by atoms with van der Waals surface area (Å²) in [5, 5.41) is 2.74. The van der Waals surface area contributed by atoms with E-state index in [1.54, 1.807) is 7.05 Å². The predicted molar refractivity (Wildman–Crippen MR) is 24.2 cm³/mol. The van der Waals surface area contributed by atoms with Gasteiger partial charge in [0.05, 0.1) is 13.2 Å². The Morgan fingerprint density at radius 2 is 2.00 bits per heavy atom. The molecule has 0 aliphatic carbocycles. The summed E-state index contributed by atoms with van der Waals surface area (Å²) >= 11 is 0. The Hall–Kier alpha value is -0.120. The quantitative estimate of drug-likeness (QED) is 0.493. The summed E-state index contributed by atoms with van der Waals surface area (Å²) < 4.78 is 9.77. The van der Waals surface area contributed by atoms with Gasteiger partial charge in [0.15, 0.2) is 0 Å². The maximum Gasteiger partial charge on any atom is 0.300 e. The molecule has 0 bridgehead atoms. The lowest BCUT2D eigenvalue weighted by Crippen LogP contribution is -2.15. The van der Waals surface area contributed by atoms with Crippen LogP contribution in [0.15, 0.2) is 0 Å². The highest BCUT2D eigenvalue weighted by Gasteiger charge is 2.14. The van der Waals surface area contributed by atoms with E-state index in [2.05, 4.69) is 5.32 Å². The van der Waals surface area contributed by atoms with Gasteiger partial charge in [-0.3, -0.25) is 5.32 Å². The zero-order valence-electron chi connectivity index (χ0n) is 4.23. The SMILES string of the molecule is CN[C]1OCCO1. The topological polar surface area (TPSA) is 30.5 Å². The van der Waals surface area contributed by atoms with Crippen LogP contribution in [0.2, 0.25) is 0 Å². The molecule has 3 nitrogen and oxygen atoms in total. The lowest BCUT2D eigenvalue weighted by molar-refractivity contribution is 0.0525. The summed E-state index contributed by atoms with van der Waals surface area (Å²) in [5.41, 5.74) is 0.